The number of aliphatic hydroxyl groups is 2. The molecule has 4 heteroatoms. The van der Waals surface area contributed by atoms with E-state index in [-0.39, 0.29) is 12.5 Å². The van der Waals surface area contributed by atoms with Gasteiger partial charge in [-0.15, -0.1) is 0 Å². The van der Waals surface area contributed by atoms with Crippen molar-refractivity contribution in [1.82, 2.24) is 5.32 Å². The molecule has 0 heterocycles. The third-order valence-electron chi connectivity index (χ3n) is 15.0. The molecule has 0 aliphatic rings. The molecule has 2 unspecified atom stereocenters. The molecule has 0 bridgehead atoms. The number of hydrogen-bond acceptors (Lipinski definition) is 3. The van der Waals surface area contributed by atoms with Crippen molar-refractivity contribution in [3.8, 4) is 0 Å². The maximum atomic E-state index is 12.5. The summed E-state index contributed by atoms with van der Waals surface area (Å²) >= 11 is 0. The molecule has 1 amide bonds. The number of hydrogen-bond donors (Lipinski definition) is 3. The topological polar surface area (TPSA) is 69.6 Å². The Hall–Kier alpha value is -0.870. The van der Waals surface area contributed by atoms with E-state index in [1.165, 1.54) is 321 Å². The van der Waals surface area contributed by atoms with Crippen molar-refractivity contribution in [2.24, 2.45) is 0 Å². The highest BCUT2D eigenvalue weighted by Crippen LogP contribution is 2.19. The van der Waals surface area contributed by atoms with Crippen LogP contribution in [0, 0.1) is 0 Å². The highest BCUT2D eigenvalue weighted by molar-refractivity contribution is 5.76. The summed E-state index contributed by atoms with van der Waals surface area (Å²) in [5, 5.41) is 23.3. The van der Waals surface area contributed by atoms with Crippen molar-refractivity contribution in [3.05, 3.63) is 12.2 Å². The van der Waals surface area contributed by atoms with Gasteiger partial charge in [0.25, 0.3) is 0 Å². The molecule has 3 N–H and O–H groups in total. The minimum atomic E-state index is -0.836. The Morgan fingerprint density at radius 3 is 0.776 bits per heavy atom. The van der Waals surface area contributed by atoms with E-state index in [4.69, 9.17) is 0 Å². The van der Waals surface area contributed by atoms with Crippen molar-refractivity contribution < 1.29 is 15.0 Å². The summed E-state index contributed by atoms with van der Waals surface area (Å²) in [4.78, 5) is 12.5. The van der Waals surface area contributed by atoms with Gasteiger partial charge in [0.15, 0.2) is 0 Å². The largest absolute Gasteiger partial charge is 0.394 e. The van der Waals surface area contributed by atoms with Crippen LogP contribution < -0.4 is 5.32 Å². The van der Waals surface area contributed by atoms with Crippen LogP contribution in [0.3, 0.4) is 0 Å². The maximum Gasteiger partial charge on any atom is 0.220 e. The number of unbranched alkanes of at least 4 members (excludes halogenated alkanes) is 52. The van der Waals surface area contributed by atoms with E-state index in [1.54, 1.807) is 6.08 Å². The first-order valence-electron chi connectivity index (χ1n) is 31.4. The summed E-state index contributed by atoms with van der Waals surface area (Å²) in [5.41, 5.74) is 0. The number of aliphatic hydroxyl groups excluding tert-OH is 2. The van der Waals surface area contributed by atoms with Crippen molar-refractivity contribution >= 4 is 5.91 Å². The van der Waals surface area contributed by atoms with E-state index >= 15 is 0 Å². The molecule has 0 aromatic carbocycles. The average molecular weight is 945 g/mol. The molecular weight excluding hydrogens is 819 g/mol. The van der Waals surface area contributed by atoms with Gasteiger partial charge in [-0.25, -0.2) is 0 Å². The van der Waals surface area contributed by atoms with E-state index in [1.807, 2.05) is 6.08 Å². The first-order chi connectivity index (χ1) is 33.2. The van der Waals surface area contributed by atoms with Crippen LogP contribution in [0.4, 0.5) is 0 Å². The van der Waals surface area contributed by atoms with Crippen molar-refractivity contribution in [2.75, 3.05) is 6.61 Å². The highest BCUT2D eigenvalue weighted by Gasteiger charge is 2.18. The van der Waals surface area contributed by atoms with Gasteiger partial charge in [0.2, 0.25) is 5.91 Å². The fourth-order valence-corrected chi connectivity index (χ4v) is 10.2. The normalized spacial score (nSPS) is 12.7. The number of carbonyl (C=O) groups excluding carboxylic acids is 1. The van der Waals surface area contributed by atoms with Gasteiger partial charge in [0, 0.05) is 6.42 Å². The Balaban J connectivity index is 3.42. The third kappa shape index (κ3) is 55.9. The van der Waals surface area contributed by atoms with Crippen LogP contribution in [0.5, 0.6) is 0 Å². The first-order valence-corrected chi connectivity index (χ1v) is 31.4. The van der Waals surface area contributed by atoms with Gasteiger partial charge in [-0.05, 0) is 19.3 Å². The number of allylic oxidation sites excluding steroid dienone is 1. The Labute approximate surface area is 422 Å². The summed E-state index contributed by atoms with van der Waals surface area (Å²) in [7, 11) is 0. The van der Waals surface area contributed by atoms with E-state index in [0.29, 0.717) is 6.42 Å². The number of amides is 1. The Kier molecular flexibility index (Phi) is 58.7. The number of nitrogens with one attached hydrogen (secondary N) is 1. The summed E-state index contributed by atoms with van der Waals surface area (Å²) in [6.07, 6.45) is 78.4. The molecule has 0 fully saturated rings. The number of carbonyl (C=O) groups is 1. The minimum Gasteiger partial charge on any atom is -0.394 e. The monoisotopic (exact) mass is 944 g/mol. The Morgan fingerprint density at radius 1 is 0.343 bits per heavy atom. The van der Waals surface area contributed by atoms with Gasteiger partial charge in [0.05, 0.1) is 18.8 Å². The minimum absolute atomic E-state index is 0.0541. The molecule has 0 spiro atoms. The zero-order chi connectivity index (χ0) is 48.5. The molecule has 0 saturated heterocycles. The predicted octanol–water partition coefficient (Wildman–Crippen LogP) is 20.9. The third-order valence-corrected chi connectivity index (χ3v) is 15.0. The highest BCUT2D eigenvalue weighted by atomic mass is 16.3. The lowest BCUT2D eigenvalue weighted by atomic mass is 10.0. The van der Waals surface area contributed by atoms with Gasteiger partial charge in [-0.1, -0.05) is 353 Å². The van der Waals surface area contributed by atoms with Gasteiger partial charge in [-0.3, -0.25) is 4.79 Å². The number of rotatable bonds is 59. The van der Waals surface area contributed by atoms with Crippen molar-refractivity contribution in [1.29, 1.82) is 0 Å². The lowest BCUT2D eigenvalue weighted by molar-refractivity contribution is -0.123. The molecule has 4 nitrogen and oxygen atoms in total. The molecular formula is C63H125NO3. The molecule has 0 aromatic heterocycles. The molecule has 0 saturated carbocycles. The van der Waals surface area contributed by atoms with Crippen LogP contribution in [0.25, 0.3) is 0 Å². The lowest BCUT2D eigenvalue weighted by Gasteiger charge is -2.20. The molecule has 0 aliphatic heterocycles. The fourth-order valence-electron chi connectivity index (χ4n) is 10.2. The molecule has 0 radical (unpaired) electrons. The van der Waals surface area contributed by atoms with E-state index < -0.39 is 12.1 Å². The van der Waals surface area contributed by atoms with Crippen LogP contribution in [-0.4, -0.2) is 34.9 Å². The van der Waals surface area contributed by atoms with Gasteiger partial charge in [0.1, 0.15) is 0 Å². The van der Waals surface area contributed by atoms with Crippen LogP contribution in [0.2, 0.25) is 0 Å². The second-order valence-corrected chi connectivity index (χ2v) is 21.8. The zero-order valence-corrected chi connectivity index (χ0v) is 46.2. The van der Waals surface area contributed by atoms with Crippen molar-refractivity contribution in [2.45, 2.75) is 379 Å². The molecule has 67 heavy (non-hydrogen) atoms. The smallest absolute Gasteiger partial charge is 0.220 e. The van der Waals surface area contributed by atoms with Crippen LogP contribution in [0.15, 0.2) is 12.2 Å². The maximum absolute atomic E-state index is 12.5. The SMILES string of the molecule is CCCCCCCCCCCCCCCCCCCCCCCCCCC/C=C/C(O)C(CO)NC(=O)CCCCCCCCCCCCCCCCCCCCCCCCCCCCCC. The second kappa shape index (κ2) is 59.4. The molecule has 0 aliphatic carbocycles. The fraction of sp³-hybridized carbons (Fsp3) is 0.952. The van der Waals surface area contributed by atoms with E-state index in [9.17, 15) is 15.0 Å². The predicted molar refractivity (Wildman–Crippen MR) is 299 cm³/mol. The molecule has 400 valence electrons. The summed E-state index contributed by atoms with van der Waals surface area (Å²) < 4.78 is 0. The Morgan fingerprint density at radius 2 is 0.552 bits per heavy atom. The first kappa shape index (κ1) is 66.1. The van der Waals surface area contributed by atoms with Gasteiger partial charge >= 0.3 is 0 Å². The lowest BCUT2D eigenvalue weighted by Crippen LogP contribution is -2.45. The van der Waals surface area contributed by atoms with E-state index in [0.717, 1.165) is 25.7 Å². The second-order valence-electron chi connectivity index (χ2n) is 21.8. The molecule has 2 atom stereocenters. The summed E-state index contributed by atoms with van der Waals surface area (Å²) in [6.45, 7) is 4.36. The van der Waals surface area contributed by atoms with E-state index in [2.05, 4.69) is 19.2 Å². The average Bonchev–Trinajstić information content (AvgIpc) is 3.33. The van der Waals surface area contributed by atoms with Crippen LogP contribution >= 0.6 is 0 Å². The Bertz CT molecular complexity index is 936. The van der Waals surface area contributed by atoms with Crippen molar-refractivity contribution in [3.63, 3.8) is 0 Å². The van der Waals surface area contributed by atoms with Crippen LogP contribution in [0.1, 0.15) is 367 Å². The molecule has 0 rings (SSSR count). The van der Waals surface area contributed by atoms with Gasteiger partial charge < -0.3 is 15.5 Å². The van der Waals surface area contributed by atoms with Gasteiger partial charge in [-0.2, -0.15) is 0 Å². The zero-order valence-electron chi connectivity index (χ0n) is 46.2. The quantitative estimate of drug-likeness (QED) is 0.0420. The summed E-state index contributed by atoms with van der Waals surface area (Å²) in [5.74, 6) is -0.0541. The van der Waals surface area contributed by atoms with Crippen LogP contribution in [-0.2, 0) is 4.79 Å². The standard InChI is InChI=1S/C63H125NO3/c1-3-5-7-9-11-13-15-17-19-21-23-25-27-29-31-33-35-37-39-41-43-45-47-49-51-53-55-57-59-63(67)64-61(60-65)62(66)58-56-54-52-50-48-46-44-42-40-38-36-34-32-30-28-26-24-22-20-18-16-14-12-10-8-6-4-2/h56,58,61-62,65-66H,3-55,57,59-60H2,1-2H3,(H,64,67)/b58-56+. The summed E-state index contributed by atoms with van der Waals surface area (Å²) in [6, 6.07) is -0.619. The molecule has 0 aromatic rings.